The van der Waals surface area contributed by atoms with E-state index in [1.54, 1.807) is 0 Å². The van der Waals surface area contributed by atoms with Gasteiger partial charge < -0.3 is 19.9 Å². The Morgan fingerprint density at radius 3 is 2.27 bits per heavy atom. The van der Waals surface area contributed by atoms with Gasteiger partial charge in [0.15, 0.2) is 0 Å². The highest BCUT2D eigenvalue weighted by atomic mass is 19.1. The van der Waals surface area contributed by atoms with Crippen molar-refractivity contribution in [3.05, 3.63) is 87.5 Å². The van der Waals surface area contributed by atoms with E-state index in [2.05, 4.69) is 0 Å². The minimum atomic E-state index is -1.77. The van der Waals surface area contributed by atoms with Crippen LogP contribution >= 0.6 is 0 Å². The molecule has 8 nitrogen and oxygen atoms in total. The van der Waals surface area contributed by atoms with Gasteiger partial charge in [-0.1, -0.05) is 12.1 Å². The lowest BCUT2D eigenvalue weighted by Gasteiger charge is -2.13. The minimum absolute atomic E-state index is 0.0370. The van der Waals surface area contributed by atoms with Crippen LogP contribution in [0.1, 0.15) is 21.5 Å². The Labute approximate surface area is 167 Å². The van der Waals surface area contributed by atoms with E-state index in [-0.39, 0.29) is 17.5 Å². The van der Waals surface area contributed by atoms with Gasteiger partial charge in [0.1, 0.15) is 17.1 Å². The largest absolute Gasteiger partial charge is 0.507 e. The van der Waals surface area contributed by atoms with Crippen molar-refractivity contribution in [1.29, 1.82) is 0 Å². The minimum Gasteiger partial charge on any atom is -0.507 e. The summed E-state index contributed by atoms with van der Waals surface area (Å²) in [5.74, 6) is -5.70. The number of hydrogen-bond donors (Lipinski definition) is 3. The predicted molar refractivity (Wildman–Crippen MR) is 104 cm³/mol. The number of rotatable bonds is 6. The summed E-state index contributed by atoms with van der Waals surface area (Å²) in [6.07, 6.45) is 1.65. The first-order valence-corrected chi connectivity index (χ1v) is 8.50. The normalized spacial score (nSPS) is 11.4. The van der Waals surface area contributed by atoms with Crippen molar-refractivity contribution in [3.63, 3.8) is 0 Å². The third kappa shape index (κ3) is 4.09. The quantitative estimate of drug-likeness (QED) is 0.322. The molecule has 0 bridgehead atoms. The number of carboxylic acids is 2. The lowest BCUT2D eigenvalue weighted by atomic mass is 10.1. The van der Waals surface area contributed by atoms with Gasteiger partial charge in [-0.05, 0) is 35.9 Å². The molecular weight excluding hydrogens is 397 g/mol. The molecule has 0 radical (unpaired) electrons. The lowest BCUT2D eigenvalue weighted by Crippen LogP contribution is -2.19. The predicted octanol–water partition coefficient (Wildman–Crippen LogP) is 2.44. The Morgan fingerprint density at radius 1 is 1.00 bits per heavy atom. The Hall–Kier alpha value is -4.27. The molecule has 9 heteroatoms. The zero-order chi connectivity index (χ0) is 22.0. The van der Waals surface area contributed by atoms with Gasteiger partial charge in [0.25, 0.3) is 5.78 Å². The summed E-state index contributed by atoms with van der Waals surface area (Å²) >= 11 is 0. The number of carbonyl (C=O) groups excluding carboxylic acids is 1. The highest BCUT2D eigenvalue weighted by Crippen LogP contribution is 2.20. The first-order valence-electron chi connectivity index (χ1n) is 8.50. The fourth-order valence-corrected chi connectivity index (χ4v) is 2.90. The number of ketones is 1. The summed E-state index contributed by atoms with van der Waals surface area (Å²) in [5.41, 5.74) is -0.393. The van der Waals surface area contributed by atoms with Crippen molar-refractivity contribution in [2.45, 2.75) is 6.54 Å². The fraction of sp³-hybridized carbons (Fsp3) is 0.0476. The second-order valence-electron chi connectivity index (χ2n) is 6.36. The number of aromatic carboxylic acids is 1. The van der Waals surface area contributed by atoms with Gasteiger partial charge in [0, 0.05) is 29.8 Å². The molecule has 0 atom stereocenters. The van der Waals surface area contributed by atoms with E-state index in [4.69, 9.17) is 5.11 Å². The number of pyridine rings is 1. The van der Waals surface area contributed by atoms with Crippen LogP contribution in [0.4, 0.5) is 4.39 Å². The maximum absolute atomic E-state index is 13.1. The highest BCUT2D eigenvalue weighted by Gasteiger charge is 2.17. The van der Waals surface area contributed by atoms with Gasteiger partial charge in [-0.25, -0.2) is 14.0 Å². The molecule has 0 spiro atoms. The second kappa shape index (κ2) is 8.00. The van der Waals surface area contributed by atoms with E-state index < -0.39 is 40.3 Å². The summed E-state index contributed by atoms with van der Waals surface area (Å²) in [4.78, 5) is 46.1. The third-order valence-electron chi connectivity index (χ3n) is 4.35. The van der Waals surface area contributed by atoms with Crippen LogP contribution in [0.5, 0.6) is 0 Å². The number of aliphatic carboxylic acids is 1. The van der Waals surface area contributed by atoms with Gasteiger partial charge in [0.2, 0.25) is 5.43 Å². The monoisotopic (exact) mass is 411 g/mol. The molecule has 0 saturated carbocycles. The Kier molecular flexibility index (Phi) is 5.45. The zero-order valence-corrected chi connectivity index (χ0v) is 15.2. The molecule has 0 aliphatic rings. The number of hydrogen-bond acceptors (Lipinski definition) is 5. The van der Waals surface area contributed by atoms with E-state index in [9.17, 15) is 33.8 Å². The molecule has 152 valence electrons. The van der Waals surface area contributed by atoms with Crippen LogP contribution in [0.25, 0.3) is 16.7 Å². The lowest BCUT2D eigenvalue weighted by molar-refractivity contribution is -0.146. The van der Waals surface area contributed by atoms with Crippen LogP contribution in [-0.2, 0) is 16.1 Å². The van der Waals surface area contributed by atoms with Gasteiger partial charge in [-0.3, -0.25) is 9.59 Å². The summed E-state index contributed by atoms with van der Waals surface area (Å²) in [6, 6.07) is 9.48. The van der Waals surface area contributed by atoms with Crippen molar-refractivity contribution < 1.29 is 34.1 Å². The smallest absolute Gasteiger partial charge is 0.376 e. The molecule has 0 saturated heterocycles. The number of benzene rings is 2. The van der Waals surface area contributed by atoms with Gasteiger partial charge in [-0.2, -0.15) is 0 Å². The van der Waals surface area contributed by atoms with Crippen LogP contribution in [-0.4, -0.2) is 37.6 Å². The summed E-state index contributed by atoms with van der Waals surface area (Å²) in [5, 5.41) is 28.0. The Morgan fingerprint density at radius 2 is 1.67 bits per heavy atom. The third-order valence-corrected chi connectivity index (χ3v) is 4.35. The molecular formula is C21H14FNO7. The maximum atomic E-state index is 13.1. The SMILES string of the molecule is O=C(O)C(=O)/C=C(\O)c1ccc2c(c1)c(=O)c(C(=O)O)cn2Cc1ccc(F)cc1. The van der Waals surface area contributed by atoms with Crippen molar-refractivity contribution in [1.82, 2.24) is 4.57 Å². The van der Waals surface area contributed by atoms with E-state index >= 15 is 0 Å². The molecule has 0 aliphatic carbocycles. The standard InChI is InChI=1S/C21H14FNO7/c22-13-4-1-11(2-5-13)9-23-10-15(20(27)28)19(26)14-7-12(3-6-16(14)23)17(24)8-18(25)21(29)30/h1-8,10,24H,9H2,(H,27,28)(H,29,30)/b17-8-. The number of aliphatic hydroxyl groups is 1. The van der Waals surface area contributed by atoms with E-state index in [1.165, 1.54) is 53.2 Å². The Bertz CT molecular complexity index is 1270. The van der Waals surface area contributed by atoms with E-state index in [0.717, 1.165) is 0 Å². The summed E-state index contributed by atoms with van der Waals surface area (Å²) in [6.45, 7) is 0.135. The molecule has 0 amide bonds. The van der Waals surface area contributed by atoms with Crippen LogP contribution < -0.4 is 5.43 Å². The number of carbonyl (C=O) groups is 3. The second-order valence-corrected chi connectivity index (χ2v) is 6.36. The summed E-state index contributed by atoms with van der Waals surface area (Å²) in [7, 11) is 0. The number of nitrogens with zero attached hydrogens (tertiary/aromatic N) is 1. The number of halogens is 1. The highest BCUT2D eigenvalue weighted by molar-refractivity contribution is 6.38. The fourth-order valence-electron chi connectivity index (χ4n) is 2.90. The van der Waals surface area contributed by atoms with E-state index in [1.807, 2.05) is 0 Å². The zero-order valence-electron chi connectivity index (χ0n) is 15.2. The topological polar surface area (TPSA) is 134 Å². The van der Waals surface area contributed by atoms with Crippen LogP contribution in [0.15, 0.2) is 59.5 Å². The molecule has 0 fully saturated rings. The number of fused-ring (bicyclic) bond motifs is 1. The average molecular weight is 411 g/mol. The van der Waals surface area contributed by atoms with Crippen molar-refractivity contribution >= 4 is 34.4 Å². The first-order chi connectivity index (χ1) is 14.2. The molecule has 0 aliphatic heterocycles. The van der Waals surface area contributed by atoms with Crippen molar-refractivity contribution in [2.75, 3.05) is 0 Å². The maximum Gasteiger partial charge on any atom is 0.376 e. The average Bonchev–Trinajstić information content (AvgIpc) is 2.70. The number of carboxylic acid groups (broad SMARTS) is 2. The van der Waals surface area contributed by atoms with Crippen molar-refractivity contribution in [3.8, 4) is 0 Å². The van der Waals surface area contributed by atoms with Crippen LogP contribution in [0.3, 0.4) is 0 Å². The molecule has 30 heavy (non-hydrogen) atoms. The summed E-state index contributed by atoms with van der Waals surface area (Å²) < 4.78 is 14.6. The molecule has 3 rings (SSSR count). The number of aromatic nitrogens is 1. The number of aliphatic hydroxyl groups excluding tert-OH is 1. The van der Waals surface area contributed by atoms with Gasteiger partial charge in [-0.15, -0.1) is 0 Å². The molecule has 1 aromatic heterocycles. The molecule has 1 heterocycles. The molecule has 3 aromatic rings. The van der Waals surface area contributed by atoms with E-state index in [0.29, 0.717) is 17.2 Å². The van der Waals surface area contributed by atoms with Crippen LogP contribution in [0, 0.1) is 5.82 Å². The Balaban J connectivity index is 2.18. The molecule has 0 unspecified atom stereocenters. The van der Waals surface area contributed by atoms with Crippen LogP contribution in [0.2, 0.25) is 0 Å². The van der Waals surface area contributed by atoms with Crippen molar-refractivity contribution in [2.24, 2.45) is 0 Å². The molecule has 2 aromatic carbocycles. The van der Waals surface area contributed by atoms with Gasteiger partial charge in [0.05, 0.1) is 5.52 Å². The first kappa shape index (κ1) is 20.5. The molecule has 3 N–H and O–H groups in total. The van der Waals surface area contributed by atoms with Gasteiger partial charge >= 0.3 is 11.9 Å².